The standard InChI is InChI=1S/C23H24N2O4/c1-29-12-11-25-20(18-7-4-10-24-14-18)19(22(27)23(25)28)21(26)17-9-8-15-5-2-3-6-16(15)13-17/h4,7-10,13-14,20,26H,2-3,5-6,11-12H2,1H3/b21-19-. The van der Waals surface area contributed by atoms with Gasteiger partial charge in [-0.25, -0.2) is 0 Å². The second kappa shape index (κ2) is 8.17. The molecule has 1 amide bonds. The summed E-state index contributed by atoms with van der Waals surface area (Å²) in [5.74, 6) is -1.44. The van der Waals surface area contributed by atoms with E-state index in [9.17, 15) is 14.7 Å². The van der Waals surface area contributed by atoms with Crippen LogP contribution in [0.4, 0.5) is 0 Å². The van der Waals surface area contributed by atoms with Gasteiger partial charge in [0.1, 0.15) is 5.76 Å². The number of fused-ring (bicyclic) bond motifs is 1. The molecule has 4 rings (SSSR count). The molecule has 2 heterocycles. The number of carbonyl (C=O) groups excluding carboxylic acids is 2. The van der Waals surface area contributed by atoms with Gasteiger partial charge in [0.25, 0.3) is 11.7 Å². The topological polar surface area (TPSA) is 79.7 Å². The number of ketones is 1. The predicted molar refractivity (Wildman–Crippen MR) is 108 cm³/mol. The maximum absolute atomic E-state index is 12.9. The van der Waals surface area contributed by atoms with E-state index in [4.69, 9.17) is 4.74 Å². The summed E-state index contributed by atoms with van der Waals surface area (Å²) in [5.41, 5.74) is 3.85. The van der Waals surface area contributed by atoms with Crippen LogP contribution in [0.2, 0.25) is 0 Å². The molecular weight excluding hydrogens is 368 g/mol. The number of amides is 1. The highest BCUT2D eigenvalue weighted by Gasteiger charge is 2.46. The zero-order valence-corrected chi connectivity index (χ0v) is 16.4. The third kappa shape index (κ3) is 3.56. The van der Waals surface area contributed by atoms with Crippen LogP contribution in [0.5, 0.6) is 0 Å². The van der Waals surface area contributed by atoms with Gasteiger partial charge in [0.2, 0.25) is 0 Å². The molecule has 1 atom stereocenters. The largest absolute Gasteiger partial charge is 0.507 e. The Labute approximate surface area is 169 Å². The second-order valence-corrected chi connectivity index (χ2v) is 7.46. The van der Waals surface area contributed by atoms with E-state index < -0.39 is 17.7 Å². The highest BCUT2D eigenvalue weighted by Crippen LogP contribution is 2.39. The number of aliphatic hydroxyl groups is 1. The number of carbonyl (C=O) groups is 2. The number of rotatable bonds is 5. The number of hydrogen-bond acceptors (Lipinski definition) is 5. The molecule has 6 heteroatoms. The quantitative estimate of drug-likeness (QED) is 0.481. The Morgan fingerprint density at radius 2 is 2.00 bits per heavy atom. The SMILES string of the molecule is COCCN1C(=O)C(=O)/C(=C(\O)c2ccc3c(c2)CCCC3)C1c1cccnc1. The molecule has 1 fully saturated rings. The lowest BCUT2D eigenvalue weighted by atomic mass is 9.89. The van der Waals surface area contributed by atoms with Gasteiger partial charge < -0.3 is 14.7 Å². The Morgan fingerprint density at radius 3 is 2.72 bits per heavy atom. The molecule has 1 N–H and O–H groups in total. The molecule has 1 unspecified atom stereocenters. The van der Waals surface area contributed by atoms with Crippen molar-refractivity contribution in [3.63, 3.8) is 0 Å². The Morgan fingerprint density at radius 1 is 1.21 bits per heavy atom. The molecular formula is C23H24N2O4. The van der Waals surface area contributed by atoms with Gasteiger partial charge in [0.15, 0.2) is 0 Å². The van der Waals surface area contributed by atoms with Gasteiger partial charge in [-0.15, -0.1) is 0 Å². The number of benzene rings is 1. The lowest BCUT2D eigenvalue weighted by molar-refractivity contribution is -0.140. The van der Waals surface area contributed by atoms with Crippen molar-refractivity contribution < 1.29 is 19.4 Å². The van der Waals surface area contributed by atoms with Crippen molar-refractivity contribution in [3.05, 3.63) is 70.6 Å². The Kier molecular flexibility index (Phi) is 5.45. The molecule has 29 heavy (non-hydrogen) atoms. The molecule has 150 valence electrons. The lowest BCUT2D eigenvalue weighted by Gasteiger charge is -2.24. The van der Waals surface area contributed by atoms with Gasteiger partial charge in [0, 0.05) is 31.6 Å². The minimum Gasteiger partial charge on any atom is -0.507 e. The first-order valence-corrected chi connectivity index (χ1v) is 9.91. The monoisotopic (exact) mass is 392 g/mol. The average Bonchev–Trinajstić information content (AvgIpc) is 3.02. The summed E-state index contributed by atoms with van der Waals surface area (Å²) in [7, 11) is 1.54. The number of aromatic nitrogens is 1. The number of aliphatic hydroxyl groups excluding tert-OH is 1. The molecule has 0 bridgehead atoms. The number of methoxy groups -OCH3 is 1. The van der Waals surface area contributed by atoms with E-state index in [0.29, 0.717) is 17.7 Å². The molecule has 1 saturated heterocycles. The number of pyridine rings is 1. The van der Waals surface area contributed by atoms with Crippen LogP contribution >= 0.6 is 0 Å². The van der Waals surface area contributed by atoms with Crippen molar-refractivity contribution in [1.82, 2.24) is 9.88 Å². The fraction of sp³-hybridized carbons (Fsp3) is 0.348. The fourth-order valence-electron chi connectivity index (χ4n) is 4.22. The van der Waals surface area contributed by atoms with Gasteiger partial charge in [-0.2, -0.15) is 0 Å². The normalized spacial score (nSPS) is 20.7. The van der Waals surface area contributed by atoms with E-state index in [1.54, 1.807) is 25.6 Å². The van der Waals surface area contributed by atoms with Crippen LogP contribution in [-0.4, -0.2) is 46.9 Å². The summed E-state index contributed by atoms with van der Waals surface area (Å²) in [6.07, 6.45) is 7.54. The first-order chi connectivity index (χ1) is 14.1. The van der Waals surface area contributed by atoms with Crippen LogP contribution in [0.3, 0.4) is 0 Å². The van der Waals surface area contributed by atoms with E-state index in [2.05, 4.69) is 4.98 Å². The summed E-state index contributed by atoms with van der Waals surface area (Å²) < 4.78 is 5.11. The molecule has 1 aromatic heterocycles. The van der Waals surface area contributed by atoms with Crippen molar-refractivity contribution in [3.8, 4) is 0 Å². The van der Waals surface area contributed by atoms with Crippen LogP contribution in [0.25, 0.3) is 5.76 Å². The van der Waals surface area contributed by atoms with Gasteiger partial charge in [-0.3, -0.25) is 14.6 Å². The van der Waals surface area contributed by atoms with Crippen LogP contribution in [0.15, 0.2) is 48.3 Å². The van der Waals surface area contributed by atoms with Gasteiger partial charge in [0.05, 0.1) is 18.2 Å². The first kappa shape index (κ1) is 19.3. The van der Waals surface area contributed by atoms with E-state index in [1.165, 1.54) is 22.4 Å². The highest BCUT2D eigenvalue weighted by molar-refractivity contribution is 6.46. The molecule has 0 spiro atoms. The van der Waals surface area contributed by atoms with Crippen molar-refractivity contribution in [2.24, 2.45) is 0 Å². The van der Waals surface area contributed by atoms with Crippen molar-refractivity contribution in [2.45, 2.75) is 31.7 Å². The van der Waals surface area contributed by atoms with E-state index in [-0.39, 0.29) is 17.9 Å². The molecule has 2 aromatic rings. The molecule has 1 aliphatic carbocycles. The third-order valence-electron chi connectivity index (χ3n) is 5.70. The maximum Gasteiger partial charge on any atom is 0.295 e. The zero-order valence-electron chi connectivity index (χ0n) is 16.4. The number of hydrogen-bond donors (Lipinski definition) is 1. The summed E-state index contributed by atoms with van der Waals surface area (Å²) in [5, 5.41) is 11.1. The van der Waals surface area contributed by atoms with E-state index >= 15 is 0 Å². The molecule has 0 saturated carbocycles. The van der Waals surface area contributed by atoms with Crippen molar-refractivity contribution in [2.75, 3.05) is 20.3 Å². The van der Waals surface area contributed by atoms with Gasteiger partial charge in [-0.05, 0) is 54.5 Å². The first-order valence-electron chi connectivity index (χ1n) is 9.91. The smallest absolute Gasteiger partial charge is 0.295 e. The minimum atomic E-state index is -0.685. The zero-order chi connectivity index (χ0) is 20.4. The van der Waals surface area contributed by atoms with E-state index in [1.807, 2.05) is 24.3 Å². The second-order valence-electron chi connectivity index (χ2n) is 7.46. The van der Waals surface area contributed by atoms with Crippen LogP contribution in [-0.2, 0) is 27.2 Å². The maximum atomic E-state index is 12.9. The number of Topliss-reactive ketones (excluding diaryl/α,β-unsaturated/α-hetero) is 1. The number of likely N-dealkylation sites (tertiary alicyclic amines) is 1. The Hall–Kier alpha value is -2.99. The summed E-state index contributed by atoms with van der Waals surface area (Å²) in [6.45, 7) is 0.546. The molecule has 1 aliphatic heterocycles. The van der Waals surface area contributed by atoms with E-state index in [0.717, 1.165) is 19.3 Å². The lowest BCUT2D eigenvalue weighted by Crippen LogP contribution is -2.32. The Balaban J connectivity index is 1.82. The average molecular weight is 392 g/mol. The number of nitrogens with zero attached hydrogens (tertiary/aromatic N) is 2. The molecule has 6 nitrogen and oxygen atoms in total. The van der Waals surface area contributed by atoms with Crippen molar-refractivity contribution >= 4 is 17.4 Å². The fourth-order valence-corrected chi connectivity index (χ4v) is 4.22. The number of aryl methyl sites for hydroxylation is 2. The minimum absolute atomic E-state index is 0.106. The highest BCUT2D eigenvalue weighted by atomic mass is 16.5. The third-order valence-corrected chi connectivity index (χ3v) is 5.70. The van der Waals surface area contributed by atoms with Crippen LogP contribution in [0.1, 0.15) is 41.1 Å². The van der Waals surface area contributed by atoms with Crippen LogP contribution < -0.4 is 0 Å². The molecule has 0 radical (unpaired) electrons. The summed E-state index contributed by atoms with van der Waals surface area (Å²) in [6, 6.07) is 8.68. The van der Waals surface area contributed by atoms with Gasteiger partial charge in [-0.1, -0.05) is 18.2 Å². The Bertz CT molecular complexity index is 968. The summed E-state index contributed by atoms with van der Waals surface area (Å²) in [4.78, 5) is 31.2. The van der Waals surface area contributed by atoms with Gasteiger partial charge >= 0.3 is 0 Å². The molecule has 1 aromatic carbocycles. The summed E-state index contributed by atoms with van der Waals surface area (Å²) >= 11 is 0. The van der Waals surface area contributed by atoms with Crippen molar-refractivity contribution in [1.29, 1.82) is 0 Å². The molecule has 2 aliphatic rings. The van der Waals surface area contributed by atoms with Crippen LogP contribution in [0, 0.1) is 0 Å². The predicted octanol–water partition coefficient (Wildman–Crippen LogP) is 3.03. The number of ether oxygens (including phenoxy) is 1.